The van der Waals surface area contributed by atoms with E-state index in [1.807, 2.05) is 19.2 Å². The zero-order valence-corrected chi connectivity index (χ0v) is 13.4. The molecule has 3 atom stereocenters. The van der Waals surface area contributed by atoms with Gasteiger partial charge in [0.05, 0.1) is 26.4 Å². The molecule has 0 saturated carbocycles. The second-order valence-electron chi connectivity index (χ2n) is 6.07. The first-order chi connectivity index (χ1) is 11.1. The zero-order chi connectivity index (χ0) is 16.4. The molecule has 0 aromatic heterocycles. The van der Waals surface area contributed by atoms with Gasteiger partial charge in [-0.1, -0.05) is 0 Å². The minimum atomic E-state index is -0.817. The lowest BCUT2D eigenvalue weighted by Crippen LogP contribution is -2.47. The Morgan fingerprint density at radius 1 is 1.22 bits per heavy atom. The quantitative estimate of drug-likeness (QED) is 0.802. The van der Waals surface area contributed by atoms with Gasteiger partial charge in [-0.05, 0) is 13.1 Å². The Kier molecular flexibility index (Phi) is 4.91. The van der Waals surface area contributed by atoms with Crippen molar-refractivity contribution in [1.29, 1.82) is 0 Å². The average Bonchev–Trinajstić information content (AvgIpc) is 2.98. The molecule has 1 aromatic rings. The molecule has 3 rings (SSSR count). The molecule has 1 fully saturated rings. The lowest BCUT2D eigenvalue weighted by atomic mass is 9.96. The van der Waals surface area contributed by atoms with Crippen LogP contribution in [0.25, 0.3) is 0 Å². The van der Waals surface area contributed by atoms with Gasteiger partial charge in [-0.15, -0.1) is 0 Å². The van der Waals surface area contributed by atoms with Gasteiger partial charge in [-0.25, -0.2) is 0 Å². The van der Waals surface area contributed by atoms with Crippen LogP contribution in [0.2, 0.25) is 0 Å². The number of hydrogen-bond acceptors (Lipinski definition) is 7. The topological polar surface area (TPSA) is 80.6 Å². The summed E-state index contributed by atoms with van der Waals surface area (Å²) in [5, 5.41) is 19.8. The van der Waals surface area contributed by atoms with E-state index in [9.17, 15) is 10.2 Å². The van der Waals surface area contributed by atoms with Gasteiger partial charge in [0.15, 0.2) is 11.5 Å². The highest BCUT2D eigenvalue weighted by molar-refractivity contribution is 5.51. The molecule has 2 heterocycles. The maximum Gasteiger partial charge on any atom is 0.231 e. The Morgan fingerprint density at radius 3 is 2.70 bits per heavy atom. The van der Waals surface area contributed by atoms with Crippen LogP contribution in [-0.2, 0) is 11.3 Å². The first kappa shape index (κ1) is 16.3. The largest absolute Gasteiger partial charge is 0.496 e. The van der Waals surface area contributed by atoms with E-state index in [4.69, 9.17) is 18.9 Å². The minimum absolute atomic E-state index is 0.122. The fourth-order valence-corrected chi connectivity index (χ4v) is 3.05. The minimum Gasteiger partial charge on any atom is -0.496 e. The lowest BCUT2D eigenvalue weighted by molar-refractivity contribution is -0.125. The summed E-state index contributed by atoms with van der Waals surface area (Å²) in [6.45, 7) is 2.09. The number of ether oxygens (including phenoxy) is 4. The van der Waals surface area contributed by atoms with Crippen LogP contribution < -0.4 is 14.2 Å². The molecule has 7 nitrogen and oxygen atoms in total. The summed E-state index contributed by atoms with van der Waals surface area (Å²) in [6.07, 6.45) is -1.58. The second-order valence-corrected chi connectivity index (χ2v) is 6.07. The summed E-state index contributed by atoms with van der Waals surface area (Å²) in [7, 11) is 3.58. The first-order valence-electron chi connectivity index (χ1n) is 7.67. The maximum atomic E-state index is 10.1. The lowest BCUT2D eigenvalue weighted by Gasteiger charge is -2.34. The normalized spacial score (nSPS) is 26.6. The van der Waals surface area contributed by atoms with Gasteiger partial charge in [0.1, 0.15) is 11.9 Å². The van der Waals surface area contributed by atoms with Crippen molar-refractivity contribution in [2.75, 3.05) is 40.7 Å². The van der Waals surface area contributed by atoms with Crippen LogP contribution in [0.5, 0.6) is 17.2 Å². The number of methoxy groups -OCH3 is 1. The van der Waals surface area contributed by atoms with Gasteiger partial charge >= 0.3 is 0 Å². The molecule has 2 N–H and O–H groups in total. The molecule has 2 aliphatic rings. The SMILES string of the molecule is COc1cc2c(cc1CN(C)C[C@@H]1COC[C@@H](O)[C@H]1O)OCO2. The van der Waals surface area contributed by atoms with E-state index < -0.39 is 12.2 Å². The van der Waals surface area contributed by atoms with E-state index in [-0.39, 0.29) is 19.3 Å². The number of benzene rings is 1. The van der Waals surface area contributed by atoms with Crippen LogP contribution in [0.1, 0.15) is 5.56 Å². The van der Waals surface area contributed by atoms with Crippen LogP contribution >= 0.6 is 0 Å². The summed E-state index contributed by atoms with van der Waals surface area (Å²) < 4.78 is 21.5. The Labute approximate surface area is 135 Å². The molecule has 1 saturated heterocycles. The predicted molar refractivity (Wildman–Crippen MR) is 81.8 cm³/mol. The molecule has 1 aromatic carbocycles. The number of aliphatic hydroxyl groups excluding tert-OH is 2. The predicted octanol–water partition coefficient (Wildman–Crippen LogP) is 0.224. The van der Waals surface area contributed by atoms with Gasteiger partial charge in [-0.2, -0.15) is 0 Å². The van der Waals surface area contributed by atoms with Crippen LogP contribution in [0, 0.1) is 5.92 Å². The smallest absolute Gasteiger partial charge is 0.231 e. The van der Waals surface area contributed by atoms with Crippen molar-refractivity contribution >= 4 is 0 Å². The van der Waals surface area contributed by atoms with E-state index in [1.54, 1.807) is 7.11 Å². The number of rotatable bonds is 5. The third-order valence-corrected chi connectivity index (χ3v) is 4.26. The van der Waals surface area contributed by atoms with Crippen LogP contribution in [-0.4, -0.2) is 68.0 Å². The van der Waals surface area contributed by atoms with E-state index >= 15 is 0 Å². The molecule has 0 spiro atoms. The highest BCUT2D eigenvalue weighted by Gasteiger charge is 2.32. The van der Waals surface area contributed by atoms with E-state index in [2.05, 4.69) is 4.90 Å². The number of hydrogen-bond donors (Lipinski definition) is 2. The van der Waals surface area contributed by atoms with Crippen LogP contribution in [0.4, 0.5) is 0 Å². The number of fused-ring (bicyclic) bond motifs is 1. The summed E-state index contributed by atoms with van der Waals surface area (Å²) >= 11 is 0. The second kappa shape index (κ2) is 6.92. The molecule has 0 unspecified atom stereocenters. The highest BCUT2D eigenvalue weighted by Crippen LogP contribution is 2.38. The fraction of sp³-hybridized carbons (Fsp3) is 0.625. The van der Waals surface area contributed by atoms with Crippen molar-refractivity contribution in [2.24, 2.45) is 5.92 Å². The molecule has 7 heteroatoms. The van der Waals surface area contributed by atoms with Crippen molar-refractivity contribution in [3.8, 4) is 17.2 Å². The number of nitrogens with zero attached hydrogens (tertiary/aromatic N) is 1. The van der Waals surface area contributed by atoms with E-state index in [1.165, 1.54) is 0 Å². The molecule has 23 heavy (non-hydrogen) atoms. The molecular weight excluding hydrogens is 302 g/mol. The van der Waals surface area contributed by atoms with Crippen molar-refractivity contribution in [3.05, 3.63) is 17.7 Å². The third-order valence-electron chi connectivity index (χ3n) is 4.26. The summed E-state index contributed by atoms with van der Waals surface area (Å²) in [6, 6.07) is 3.74. The maximum absolute atomic E-state index is 10.1. The van der Waals surface area contributed by atoms with Crippen molar-refractivity contribution in [2.45, 2.75) is 18.8 Å². The number of aliphatic hydroxyl groups is 2. The molecule has 0 bridgehead atoms. The highest BCUT2D eigenvalue weighted by atomic mass is 16.7. The molecule has 2 aliphatic heterocycles. The Hall–Kier alpha value is -1.54. The molecular formula is C16H23NO6. The summed E-state index contributed by atoms with van der Waals surface area (Å²) in [4.78, 5) is 2.06. The van der Waals surface area contributed by atoms with Crippen molar-refractivity contribution in [1.82, 2.24) is 4.90 Å². The Bertz CT molecular complexity index is 552. The average molecular weight is 325 g/mol. The van der Waals surface area contributed by atoms with Crippen LogP contribution in [0.15, 0.2) is 12.1 Å². The zero-order valence-electron chi connectivity index (χ0n) is 13.4. The molecule has 0 amide bonds. The van der Waals surface area contributed by atoms with Crippen molar-refractivity contribution in [3.63, 3.8) is 0 Å². The summed E-state index contributed by atoms with van der Waals surface area (Å²) in [5.74, 6) is 2.02. The van der Waals surface area contributed by atoms with Gasteiger partial charge in [0.2, 0.25) is 6.79 Å². The fourth-order valence-electron chi connectivity index (χ4n) is 3.05. The van der Waals surface area contributed by atoms with Gasteiger partial charge < -0.3 is 34.1 Å². The first-order valence-corrected chi connectivity index (χ1v) is 7.67. The Balaban J connectivity index is 1.66. The van der Waals surface area contributed by atoms with Crippen molar-refractivity contribution < 1.29 is 29.2 Å². The molecule has 128 valence electrons. The molecule has 0 aliphatic carbocycles. The Morgan fingerprint density at radius 2 is 1.96 bits per heavy atom. The van der Waals surface area contributed by atoms with Gasteiger partial charge in [0, 0.05) is 30.6 Å². The summed E-state index contributed by atoms with van der Waals surface area (Å²) in [5.41, 5.74) is 0.978. The van der Waals surface area contributed by atoms with Gasteiger partial charge in [0.25, 0.3) is 0 Å². The van der Waals surface area contributed by atoms with Crippen LogP contribution in [0.3, 0.4) is 0 Å². The van der Waals surface area contributed by atoms with E-state index in [0.717, 1.165) is 11.3 Å². The van der Waals surface area contributed by atoms with Gasteiger partial charge in [-0.3, -0.25) is 0 Å². The standard InChI is InChI=1S/C16H23NO6/c1-17(6-11-7-21-8-12(18)16(11)19)5-10-3-14-15(23-9-22-14)4-13(10)20-2/h3-4,11-12,16,18-19H,5-9H2,1-2H3/t11-,12-,16+/m1/s1. The molecule has 0 radical (unpaired) electrons. The third kappa shape index (κ3) is 3.53. The van der Waals surface area contributed by atoms with E-state index in [0.29, 0.717) is 31.2 Å². The monoisotopic (exact) mass is 325 g/mol.